The molecule has 3 N–H and O–H groups in total. The lowest BCUT2D eigenvalue weighted by atomic mass is 9.97. The molecule has 148 valence electrons. The molecule has 0 spiro atoms. The monoisotopic (exact) mass is 424 g/mol. The number of hydrogen-bond acceptors (Lipinski definition) is 4. The van der Waals surface area contributed by atoms with E-state index in [9.17, 15) is 0 Å². The second-order valence-corrected chi connectivity index (χ2v) is 7.97. The molecule has 1 aliphatic rings. The third kappa shape index (κ3) is 4.68. The fourth-order valence-electron chi connectivity index (χ4n) is 3.56. The number of para-hydroxylation sites is 2. The molecule has 1 saturated heterocycles. The summed E-state index contributed by atoms with van der Waals surface area (Å²) >= 11 is 12.1. The molecule has 4 aromatic rings. The van der Waals surface area contributed by atoms with E-state index >= 15 is 0 Å². The molecule has 2 unspecified atom stereocenters. The maximum Gasteiger partial charge on any atom is 0.0892 e. The highest BCUT2D eigenvalue weighted by Gasteiger charge is 2.21. The topological polar surface area (TPSA) is 63.8 Å². The first-order valence-corrected chi connectivity index (χ1v) is 10.4. The van der Waals surface area contributed by atoms with Gasteiger partial charge in [-0.2, -0.15) is 0 Å². The second kappa shape index (κ2) is 9.06. The van der Waals surface area contributed by atoms with Gasteiger partial charge in [-0.3, -0.25) is 4.98 Å². The zero-order valence-electron chi connectivity index (χ0n) is 15.9. The Bertz CT molecular complexity index is 1130. The number of fused-ring (bicyclic) bond motifs is 2. The number of benzene rings is 2. The average Bonchev–Trinajstić information content (AvgIpc) is 2.75. The van der Waals surface area contributed by atoms with E-state index in [4.69, 9.17) is 28.9 Å². The van der Waals surface area contributed by atoms with Gasteiger partial charge in [0.1, 0.15) is 0 Å². The molecule has 0 radical (unpaired) electrons. The number of halogens is 2. The van der Waals surface area contributed by atoms with Gasteiger partial charge in [-0.1, -0.05) is 59.6 Å². The first-order chi connectivity index (χ1) is 14.1. The number of piperidine rings is 1. The summed E-state index contributed by atoms with van der Waals surface area (Å²) in [5, 5.41) is 7.04. The normalized spacial score (nSPS) is 19.0. The molecule has 1 aliphatic heterocycles. The Hall–Kier alpha value is -2.24. The van der Waals surface area contributed by atoms with Crippen LogP contribution in [-0.4, -0.2) is 22.6 Å². The number of rotatable bonds is 1. The highest BCUT2D eigenvalue weighted by molar-refractivity contribution is 6.35. The van der Waals surface area contributed by atoms with E-state index in [1.54, 1.807) is 6.20 Å². The van der Waals surface area contributed by atoms with Crippen molar-refractivity contribution >= 4 is 45.0 Å². The highest BCUT2D eigenvalue weighted by atomic mass is 35.5. The maximum atomic E-state index is 6.19. The molecule has 1 fully saturated rings. The van der Waals surface area contributed by atoms with E-state index in [1.807, 2.05) is 48.5 Å². The van der Waals surface area contributed by atoms with Gasteiger partial charge in [-0.25, -0.2) is 4.98 Å². The number of nitrogens with zero attached hydrogens (tertiary/aromatic N) is 2. The second-order valence-electron chi connectivity index (χ2n) is 7.15. The lowest BCUT2D eigenvalue weighted by Gasteiger charge is -2.27. The van der Waals surface area contributed by atoms with Crippen molar-refractivity contribution in [2.75, 3.05) is 6.54 Å². The standard InChI is InChI=1S/C14H16ClN3.C9H6ClN/c15-11-3-1-2-9-4-5-12(18-14(9)11)13-8-10(16)6-7-17-13;10-8-5-1-3-7-4-2-6-11-9(7)8/h1-5,10,13,17H,6-8,16H2;1-6H. The lowest BCUT2D eigenvalue weighted by Crippen LogP contribution is -2.38. The van der Waals surface area contributed by atoms with Gasteiger partial charge in [0, 0.05) is 23.0 Å². The molecule has 2 atom stereocenters. The molecule has 0 saturated carbocycles. The molecule has 0 aliphatic carbocycles. The zero-order valence-corrected chi connectivity index (χ0v) is 17.4. The summed E-state index contributed by atoms with van der Waals surface area (Å²) in [6.45, 7) is 0.952. The van der Waals surface area contributed by atoms with Gasteiger partial charge in [0.05, 0.1) is 32.8 Å². The van der Waals surface area contributed by atoms with Crippen LogP contribution in [0.25, 0.3) is 21.8 Å². The molecule has 29 heavy (non-hydrogen) atoms. The third-order valence-corrected chi connectivity index (χ3v) is 5.69. The average molecular weight is 425 g/mol. The predicted molar refractivity (Wildman–Crippen MR) is 121 cm³/mol. The van der Waals surface area contributed by atoms with Crippen LogP contribution >= 0.6 is 23.2 Å². The SMILES string of the molecule is Clc1cccc2cccnc12.NC1CCNC(c2ccc3cccc(Cl)c3n2)C1. The van der Waals surface area contributed by atoms with Crippen LogP contribution < -0.4 is 11.1 Å². The van der Waals surface area contributed by atoms with Crippen LogP contribution in [0.2, 0.25) is 10.0 Å². The summed E-state index contributed by atoms with van der Waals surface area (Å²) in [7, 11) is 0. The fourth-order valence-corrected chi connectivity index (χ4v) is 4.01. The molecule has 2 aromatic carbocycles. The van der Waals surface area contributed by atoms with Crippen molar-refractivity contribution < 1.29 is 0 Å². The molecule has 3 heterocycles. The number of hydrogen-bond donors (Lipinski definition) is 2. The van der Waals surface area contributed by atoms with Crippen LogP contribution in [-0.2, 0) is 0 Å². The van der Waals surface area contributed by atoms with Gasteiger partial charge >= 0.3 is 0 Å². The zero-order chi connectivity index (χ0) is 20.2. The highest BCUT2D eigenvalue weighted by Crippen LogP contribution is 2.26. The van der Waals surface area contributed by atoms with Crippen molar-refractivity contribution in [1.29, 1.82) is 0 Å². The Balaban J connectivity index is 0.000000159. The number of pyridine rings is 2. The lowest BCUT2D eigenvalue weighted by molar-refractivity contribution is 0.364. The maximum absolute atomic E-state index is 6.19. The Kier molecular flexibility index (Phi) is 6.26. The van der Waals surface area contributed by atoms with Crippen LogP contribution in [0.3, 0.4) is 0 Å². The van der Waals surface area contributed by atoms with E-state index in [1.165, 1.54) is 0 Å². The fraction of sp³-hybridized carbons (Fsp3) is 0.217. The van der Waals surface area contributed by atoms with Gasteiger partial charge in [0.2, 0.25) is 0 Å². The molecule has 0 amide bonds. The van der Waals surface area contributed by atoms with Crippen molar-refractivity contribution in [3.05, 3.63) is 82.6 Å². The smallest absolute Gasteiger partial charge is 0.0892 e. The number of aromatic nitrogens is 2. The van der Waals surface area contributed by atoms with Gasteiger partial charge in [0.25, 0.3) is 0 Å². The summed E-state index contributed by atoms with van der Waals surface area (Å²) in [6, 6.07) is 20.2. The van der Waals surface area contributed by atoms with E-state index in [0.29, 0.717) is 10.0 Å². The summed E-state index contributed by atoms with van der Waals surface area (Å²) in [6.07, 6.45) is 3.71. The van der Waals surface area contributed by atoms with Crippen LogP contribution in [0.15, 0.2) is 66.9 Å². The summed E-state index contributed by atoms with van der Waals surface area (Å²) in [5.41, 5.74) is 8.79. The summed E-state index contributed by atoms with van der Waals surface area (Å²) in [5.74, 6) is 0. The van der Waals surface area contributed by atoms with Crippen LogP contribution in [0.4, 0.5) is 0 Å². The van der Waals surface area contributed by atoms with Crippen molar-refractivity contribution in [3.8, 4) is 0 Å². The van der Waals surface area contributed by atoms with Crippen LogP contribution in [0.1, 0.15) is 24.6 Å². The number of nitrogens with one attached hydrogen (secondary N) is 1. The van der Waals surface area contributed by atoms with E-state index in [2.05, 4.69) is 27.4 Å². The van der Waals surface area contributed by atoms with Crippen molar-refractivity contribution in [3.63, 3.8) is 0 Å². The molecule has 4 nitrogen and oxygen atoms in total. The van der Waals surface area contributed by atoms with Crippen molar-refractivity contribution in [1.82, 2.24) is 15.3 Å². The Morgan fingerprint density at radius 1 is 0.862 bits per heavy atom. The Morgan fingerprint density at radius 2 is 1.55 bits per heavy atom. The van der Waals surface area contributed by atoms with Crippen molar-refractivity contribution in [2.45, 2.75) is 24.9 Å². The molecule has 6 heteroatoms. The summed E-state index contributed by atoms with van der Waals surface area (Å²) in [4.78, 5) is 8.83. The van der Waals surface area contributed by atoms with Gasteiger partial charge < -0.3 is 11.1 Å². The van der Waals surface area contributed by atoms with Crippen LogP contribution in [0, 0.1) is 0 Å². The largest absolute Gasteiger partial charge is 0.328 e. The predicted octanol–water partition coefficient (Wildman–Crippen LogP) is 5.53. The first kappa shape index (κ1) is 20.0. The Morgan fingerprint density at radius 3 is 2.28 bits per heavy atom. The van der Waals surface area contributed by atoms with Gasteiger partial charge in [-0.05, 0) is 43.7 Å². The van der Waals surface area contributed by atoms with E-state index in [0.717, 1.165) is 46.9 Å². The van der Waals surface area contributed by atoms with Gasteiger partial charge in [-0.15, -0.1) is 0 Å². The first-order valence-electron chi connectivity index (χ1n) is 9.65. The van der Waals surface area contributed by atoms with Crippen molar-refractivity contribution in [2.24, 2.45) is 5.73 Å². The van der Waals surface area contributed by atoms with E-state index < -0.39 is 0 Å². The minimum Gasteiger partial charge on any atom is -0.328 e. The Labute approximate surface area is 180 Å². The molecule has 0 bridgehead atoms. The van der Waals surface area contributed by atoms with E-state index in [-0.39, 0.29) is 12.1 Å². The summed E-state index contributed by atoms with van der Waals surface area (Å²) < 4.78 is 0. The minimum atomic E-state index is 0.245. The van der Waals surface area contributed by atoms with Crippen LogP contribution in [0.5, 0.6) is 0 Å². The molecular weight excluding hydrogens is 403 g/mol. The quantitative estimate of drug-likeness (QED) is 0.421. The van der Waals surface area contributed by atoms with Gasteiger partial charge in [0.15, 0.2) is 0 Å². The molecular formula is C23H22Cl2N4. The third-order valence-electron chi connectivity index (χ3n) is 5.08. The molecule has 5 rings (SSSR count). The molecule has 2 aromatic heterocycles. The number of nitrogens with two attached hydrogens (primary N) is 1. The minimum absolute atomic E-state index is 0.245.